The van der Waals surface area contributed by atoms with Gasteiger partial charge in [0.15, 0.2) is 0 Å². The van der Waals surface area contributed by atoms with E-state index >= 15 is 0 Å². The number of primary sulfonamides is 1. The number of amides is 1. The third-order valence-electron chi connectivity index (χ3n) is 7.13. The number of ether oxygens (including phenoxy) is 1. The predicted octanol–water partition coefficient (Wildman–Crippen LogP) is 1.50. The van der Waals surface area contributed by atoms with E-state index in [1.54, 1.807) is 23.1 Å². The Kier molecular flexibility index (Phi) is 7.16. The molecule has 1 spiro atoms. The Morgan fingerprint density at radius 3 is 2.14 bits per heavy atom. The summed E-state index contributed by atoms with van der Waals surface area (Å²) in [6, 6.07) is 10.1. The molecule has 2 saturated heterocycles. The first kappa shape index (κ1) is 26.8. The van der Waals surface area contributed by atoms with Crippen LogP contribution in [0.4, 0.5) is 5.69 Å². The van der Waals surface area contributed by atoms with Gasteiger partial charge in [-0.2, -0.15) is 4.31 Å². The maximum atomic E-state index is 13.6. The van der Waals surface area contributed by atoms with E-state index < -0.39 is 25.5 Å². The smallest absolute Gasteiger partial charge is 0.243 e. The van der Waals surface area contributed by atoms with E-state index in [0.717, 1.165) is 6.21 Å². The average Bonchev–Trinajstić information content (AvgIpc) is 3.20. The molecule has 2 aromatic rings. The van der Waals surface area contributed by atoms with Gasteiger partial charge in [0.1, 0.15) is 5.75 Å². The van der Waals surface area contributed by atoms with Gasteiger partial charge in [-0.05, 0) is 55.7 Å². The van der Waals surface area contributed by atoms with Crippen LogP contribution >= 0.6 is 0 Å². The van der Waals surface area contributed by atoms with Crippen LogP contribution in [0.25, 0.3) is 5.57 Å². The number of benzene rings is 2. The largest absolute Gasteiger partial charge is 0.496 e. The molecule has 0 bridgehead atoms. The lowest BCUT2D eigenvalue weighted by molar-refractivity contribution is -0.127. The Morgan fingerprint density at radius 1 is 1.00 bits per heavy atom. The normalized spacial score (nSPS) is 18.8. The quantitative estimate of drug-likeness (QED) is 0.440. The third kappa shape index (κ3) is 4.87. The average molecular weight is 548 g/mol. The number of piperidine rings is 1. The van der Waals surface area contributed by atoms with Gasteiger partial charge in [0.25, 0.3) is 0 Å². The van der Waals surface area contributed by atoms with E-state index in [1.807, 2.05) is 0 Å². The number of carbonyl (C=O) groups is 1. The molecular weight excluding hydrogens is 518 g/mol. The van der Waals surface area contributed by atoms with Gasteiger partial charge < -0.3 is 20.8 Å². The summed E-state index contributed by atoms with van der Waals surface area (Å²) in [4.78, 5) is 15.0. The van der Waals surface area contributed by atoms with Crippen molar-refractivity contribution in [3.05, 3.63) is 54.2 Å². The van der Waals surface area contributed by atoms with Gasteiger partial charge in [-0.15, -0.1) is 0 Å². The van der Waals surface area contributed by atoms with Gasteiger partial charge in [0.2, 0.25) is 26.0 Å². The van der Waals surface area contributed by atoms with Crippen molar-refractivity contribution in [1.82, 2.24) is 4.31 Å². The lowest BCUT2D eigenvalue weighted by Gasteiger charge is -2.37. The number of carbonyl (C=O) groups excluding carboxylic acids is 1. The van der Waals surface area contributed by atoms with E-state index in [0.29, 0.717) is 48.4 Å². The van der Waals surface area contributed by atoms with Gasteiger partial charge in [-0.1, -0.05) is 0 Å². The second kappa shape index (κ2) is 9.89. The Bertz CT molecular complexity index is 1460. The topological polar surface area (TPSA) is 177 Å². The zero-order chi connectivity index (χ0) is 27.0. The molecule has 0 unspecified atom stereocenters. The summed E-state index contributed by atoms with van der Waals surface area (Å²) in [5, 5.41) is 12.6. The molecule has 0 aromatic heterocycles. The summed E-state index contributed by atoms with van der Waals surface area (Å²) in [6.07, 6.45) is 3.79. The van der Waals surface area contributed by atoms with Crippen LogP contribution in [0.5, 0.6) is 5.75 Å². The van der Waals surface area contributed by atoms with E-state index in [1.165, 1.54) is 41.9 Å². The number of nitrogens with two attached hydrogens (primary N) is 2. The summed E-state index contributed by atoms with van der Waals surface area (Å²) in [5.74, 6) is 0.430. The molecule has 0 aliphatic carbocycles. The standard InChI is InChI=1S/C24H29N5O6S2/c1-35-22-14-18(2-7-21(22)17(15-25)16-26)29-13-10-24(23(29)30)8-11-28(12-9-24)37(33,34)20-5-3-19(4-6-20)36(27,31)32/h2-7,14-16,25H,8-13,26H2,1H3,(H2,27,31,32)/b17-16+,25-15?. The van der Waals surface area contributed by atoms with Crippen molar-refractivity contribution in [3.8, 4) is 5.75 Å². The van der Waals surface area contributed by atoms with Crippen molar-refractivity contribution in [2.75, 3.05) is 31.6 Å². The second-order valence-corrected chi connectivity index (χ2v) is 12.6. The number of sulfonamides is 2. The Morgan fingerprint density at radius 2 is 1.59 bits per heavy atom. The monoisotopic (exact) mass is 547 g/mol. The molecule has 0 atom stereocenters. The minimum atomic E-state index is -3.93. The van der Waals surface area contributed by atoms with Gasteiger partial charge in [-0.3, -0.25) is 4.79 Å². The van der Waals surface area contributed by atoms with Crippen molar-refractivity contribution in [2.24, 2.45) is 16.3 Å². The van der Waals surface area contributed by atoms with Crippen LogP contribution in [0.2, 0.25) is 0 Å². The van der Waals surface area contributed by atoms with Gasteiger partial charge in [0.05, 0.1) is 22.3 Å². The maximum Gasteiger partial charge on any atom is 0.243 e. The molecule has 13 heteroatoms. The van der Waals surface area contributed by atoms with Gasteiger partial charge in [-0.25, -0.2) is 22.0 Å². The SMILES string of the molecule is COc1cc(N2CCC3(CCN(S(=O)(=O)c4ccc(S(N)(=O)=O)cc4)CC3)C2=O)ccc1/C(C=N)=C/N. The highest BCUT2D eigenvalue weighted by atomic mass is 32.2. The van der Waals surface area contributed by atoms with Crippen molar-refractivity contribution < 1.29 is 26.4 Å². The lowest BCUT2D eigenvalue weighted by Crippen LogP contribution is -2.46. The van der Waals surface area contributed by atoms with Crippen LogP contribution in [0.15, 0.2) is 58.5 Å². The van der Waals surface area contributed by atoms with E-state index in [2.05, 4.69) is 0 Å². The summed E-state index contributed by atoms with van der Waals surface area (Å²) >= 11 is 0. The van der Waals surface area contributed by atoms with Crippen LogP contribution < -0.4 is 20.5 Å². The molecule has 37 heavy (non-hydrogen) atoms. The fraction of sp³-hybridized carbons (Fsp3) is 0.333. The lowest BCUT2D eigenvalue weighted by atomic mass is 9.77. The van der Waals surface area contributed by atoms with Crippen molar-refractivity contribution in [2.45, 2.75) is 29.1 Å². The molecule has 2 aliphatic rings. The number of methoxy groups -OCH3 is 1. The number of hydrogen-bond donors (Lipinski definition) is 3. The molecule has 0 radical (unpaired) electrons. The van der Waals surface area contributed by atoms with Gasteiger partial charge >= 0.3 is 0 Å². The molecule has 11 nitrogen and oxygen atoms in total. The van der Waals surface area contributed by atoms with Gasteiger partial charge in [0, 0.05) is 54.9 Å². The van der Waals surface area contributed by atoms with Crippen LogP contribution in [-0.4, -0.2) is 60.0 Å². The van der Waals surface area contributed by atoms with E-state index in [9.17, 15) is 21.6 Å². The van der Waals surface area contributed by atoms with Crippen molar-refractivity contribution in [1.29, 1.82) is 5.41 Å². The molecule has 2 fully saturated rings. The minimum Gasteiger partial charge on any atom is -0.496 e. The number of hydrogen-bond acceptors (Lipinski definition) is 8. The highest BCUT2D eigenvalue weighted by Gasteiger charge is 2.50. The highest BCUT2D eigenvalue weighted by Crippen LogP contribution is 2.44. The number of anilines is 1. The molecule has 2 aliphatic heterocycles. The molecule has 4 rings (SSSR count). The van der Waals surface area contributed by atoms with E-state index in [4.69, 9.17) is 21.0 Å². The van der Waals surface area contributed by atoms with Crippen molar-refractivity contribution >= 4 is 43.4 Å². The first-order chi connectivity index (χ1) is 17.5. The number of nitrogens with one attached hydrogen (secondary N) is 1. The summed E-state index contributed by atoms with van der Waals surface area (Å²) in [7, 11) is -6.28. The summed E-state index contributed by atoms with van der Waals surface area (Å²) in [6.45, 7) is 0.837. The first-order valence-electron chi connectivity index (χ1n) is 11.5. The zero-order valence-corrected chi connectivity index (χ0v) is 21.9. The maximum absolute atomic E-state index is 13.6. The first-order valence-corrected chi connectivity index (χ1v) is 14.5. The van der Waals surface area contributed by atoms with Crippen LogP contribution in [0, 0.1) is 10.8 Å². The molecule has 2 aromatic carbocycles. The molecule has 198 valence electrons. The third-order valence-corrected chi connectivity index (χ3v) is 9.97. The minimum absolute atomic E-state index is 0.0294. The van der Waals surface area contributed by atoms with Crippen LogP contribution in [0.1, 0.15) is 24.8 Å². The fourth-order valence-electron chi connectivity index (χ4n) is 4.94. The van der Waals surface area contributed by atoms with Crippen molar-refractivity contribution in [3.63, 3.8) is 0 Å². The predicted molar refractivity (Wildman–Crippen MR) is 139 cm³/mol. The van der Waals surface area contributed by atoms with E-state index in [-0.39, 0.29) is 28.8 Å². The van der Waals surface area contributed by atoms with Crippen LogP contribution in [0.3, 0.4) is 0 Å². The summed E-state index contributed by atoms with van der Waals surface area (Å²) in [5.41, 5.74) is 6.73. The molecule has 1 amide bonds. The fourth-order valence-corrected chi connectivity index (χ4v) is 6.89. The summed E-state index contributed by atoms with van der Waals surface area (Å²) < 4.78 is 56.0. The Hall–Kier alpha value is -3.26. The zero-order valence-electron chi connectivity index (χ0n) is 20.3. The highest BCUT2D eigenvalue weighted by molar-refractivity contribution is 7.89. The number of allylic oxidation sites excluding steroid dienone is 1. The van der Waals surface area contributed by atoms with Crippen LogP contribution in [-0.2, 0) is 24.8 Å². The number of rotatable bonds is 7. The molecular formula is C24H29N5O6S2. The Labute approximate surface area is 216 Å². The second-order valence-electron chi connectivity index (χ2n) is 9.06. The Balaban J connectivity index is 1.50. The number of nitrogens with zero attached hydrogens (tertiary/aromatic N) is 2. The molecule has 5 N–H and O–H groups in total. The molecule has 0 saturated carbocycles. The molecule has 2 heterocycles.